The Bertz CT molecular complexity index is 656. The van der Waals surface area contributed by atoms with Gasteiger partial charge in [-0.15, -0.1) is 0 Å². The van der Waals surface area contributed by atoms with E-state index in [2.05, 4.69) is 15.3 Å². The Morgan fingerprint density at radius 2 is 1.86 bits per heavy atom. The molecule has 5 nitrogen and oxygen atoms in total. The van der Waals surface area contributed by atoms with Crippen molar-refractivity contribution in [1.82, 2.24) is 9.97 Å². The van der Waals surface area contributed by atoms with Gasteiger partial charge in [0.05, 0.1) is 6.07 Å². The van der Waals surface area contributed by atoms with Crippen LogP contribution >= 0.6 is 0 Å². The normalized spacial score (nSPS) is 11.5. The van der Waals surface area contributed by atoms with Crippen LogP contribution < -0.4 is 5.32 Å². The maximum Gasteiger partial charge on any atom is 0.244 e. The van der Waals surface area contributed by atoms with Crippen LogP contribution in [0.15, 0.2) is 36.4 Å². The van der Waals surface area contributed by atoms with Crippen molar-refractivity contribution in [2.75, 3.05) is 5.32 Å². The highest BCUT2D eigenvalue weighted by atomic mass is 16.2. The highest BCUT2D eigenvalue weighted by Gasteiger charge is 2.19. The van der Waals surface area contributed by atoms with Gasteiger partial charge in [0.25, 0.3) is 0 Å². The molecule has 1 unspecified atom stereocenters. The van der Waals surface area contributed by atoms with Gasteiger partial charge in [-0.1, -0.05) is 30.3 Å². The fourth-order valence-corrected chi connectivity index (χ4v) is 2.03. The summed E-state index contributed by atoms with van der Waals surface area (Å²) in [5.74, 6) is -0.908. The minimum absolute atomic E-state index is 0.241. The summed E-state index contributed by atoms with van der Waals surface area (Å²) in [6.07, 6.45) is 0.369. The summed E-state index contributed by atoms with van der Waals surface area (Å²) < 4.78 is 0. The molecule has 1 aromatic carbocycles. The molecule has 21 heavy (non-hydrogen) atoms. The summed E-state index contributed by atoms with van der Waals surface area (Å²) in [5.41, 5.74) is 2.49. The zero-order valence-electron chi connectivity index (χ0n) is 12.0. The second kappa shape index (κ2) is 6.62. The standard InChI is InChI=1S/C16H16N4O/c1-11-8-12(2)19-16(18-11)20-15(21)14(10-17)9-13-6-4-3-5-7-13/h3-8,14H,9H2,1-2H3,(H,18,19,20,21). The number of amides is 1. The first kappa shape index (κ1) is 14.7. The number of aromatic nitrogens is 2. The largest absolute Gasteiger partial charge is 0.293 e. The number of nitriles is 1. The van der Waals surface area contributed by atoms with Crippen LogP contribution in [0.4, 0.5) is 5.95 Å². The van der Waals surface area contributed by atoms with Crippen molar-refractivity contribution in [2.24, 2.45) is 5.92 Å². The Morgan fingerprint density at radius 1 is 1.24 bits per heavy atom. The summed E-state index contributed by atoms with van der Waals surface area (Å²) in [6, 6.07) is 13.3. The third kappa shape index (κ3) is 4.11. The third-order valence-electron chi connectivity index (χ3n) is 2.97. The number of nitrogens with zero attached hydrogens (tertiary/aromatic N) is 3. The van der Waals surface area contributed by atoms with Crippen LogP contribution in [0.25, 0.3) is 0 Å². The summed E-state index contributed by atoms with van der Waals surface area (Å²) in [4.78, 5) is 20.4. The van der Waals surface area contributed by atoms with E-state index in [-0.39, 0.29) is 11.9 Å². The van der Waals surface area contributed by atoms with E-state index in [1.807, 2.05) is 56.3 Å². The summed E-state index contributed by atoms with van der Waals surface area (Å²) >= 11 is 0. The molecule has 0 aliphatic heterocycles. The number of carbonyl (C=O) groups excluding carboxylic acids is 1. The molecule has 0 bridgehead atoms. The second-order valence-corrected chi connectivity index (χ2v) is 4.83. The van der Waals surface area contributed by atoms with Crippen LogP contribution in [0.2, 0.25) is 0 Å². The van der Waals surface area contributed by atoms with Crippen molar-refractivity contribution in [3.8, 4) is 6.07 Å². The molecule has 0 spiro atoms. The average molecular weight is 280 g/mol. The number of carbonyl (C=O) groups is 1. The monoisotopic (exact) mass is 280 g/mol. The van der Waals surface area contributed by atoms with Gasteiger partial charge in [-0.2, -0.15) is 5.26 Å². The highest BCUT2D eigenvalue weighted by molar-refractivity contribution is 5.92. The number of nitrogens with one attached hydrogen (secondary N) is 1. The summed E-state index contributed by atoms with van der Waals surface area (Å²) in [7, 11) is 0. The molecule has 5 heteroatoms. The zero-order chi connectivity index (χ0) is 15.2. The van der Waals surface area contributed by atoms with Crippen molar-refractivity contribution in [3.63, 3.8) is 0 Å². The van der Waals surface area contributed by atoms with Gasteiger partial charge >= 0.3 is 0 Å². The average Bonchev–Trinajstić information content (AvgIpc) is 2.44. The lowest BCUT2D eigenvalue weighted by Gasteiger charge is -2.10. The first-order valence-electron chi connectivity index (χ1n) is 6.65. The molecular weight excluding hydrogens is 264 g/mol. The van der Waals surface area contributed by atoms with E-state index in [9.17, 15) is 10.1 Å². The van der Waals surface area contributed by atoms with Gasteiger partial charge < -0.3 is 0 Å². The van der Waals surface area contributed by atoms with E-state index in [4.69, 9.17) is 0 Å². The predicted octanol–water partition coefficient (Wildman–Crippen LogP) is 2.41. The maximum atomic E-state index is 12.2. The van der Waals surface area contributed by atoms with Crippen LogP contribution in [0.3, 0.4) is 0 Å². The number of benzene rings is 1. The number of hydrogen-bond donors (Lipinski definition) is 1. The Balaban J connectivity index is 2.08. The lowest BCUT2D eigenvalue weighted by atomic mass is 10.00. The van der Waals surface area contributed by atoms with Gasteiger partial charge in [-0.05, 0) is 31.9 Å². The predicted molar refractivity (Wildman–Crippen MR) is 79.4 cm³/mol. The number of aryl methyl sites for hydroxylation is 2. The topological polar surface area (TPSA) is 78.7 Å². The maximum absolute atomic E-state index is 12.2. The first-order chi connectivity index (χ1) is 10.1. The van der Waals surface area contributed by atoms with Gasteiger partial charge in [-0.3, -0.25) is 10.1 Å². The van der Waals surface area contributed by atoms with Gasteiger partial charge in [0, 0.05) is 11.4 Å². The van der Waals surface area contributed by atoms with E-state index in [1.54, 1.807) is 0 Å². The van der Waals surface area contributed by atoms with Crippen molar-refractivity contribution in [3.05, 3.63) is 53.3 Å². The molecule has 0 radical (unpaired) electrons. The van der Waals surface area contributed by atoms with E-state index >= 15 is 0 Å². The Labute approximate surface area is 123 Å². The van der Waals surface area contributed by atoms with E-state index < -0.39 is 5.92 Å². The molecule has 0 fully saturated rings. The molecule has 1 amide bonds. The van der Waals surface area contributed by atoms with Crippen molar-refractivity contribution in [2.45, 2.75) is 20.3 Å². The van der Waals surface area contributed by atoms with E-state index in [0.29, 0.717) is 6.42 Å². The fourth-order valence-electron chi connectivity index (χ4n) is 2.03. The van der Waals surface area contributed by atoms with Gasteiger partial charge in [0.15, 0.2) is 0 Å². The first-order valence-corrected chi connectivity index (χ1v) is 6.65. The lowest BCUT2D eigenvalue weighted by Crippen LogP contribution is -2.24. The minimum Gasteiger partial charge on any atom is -0.293 e. The van der Waals surface area contributed by atoms with Crippen LogP contribution in [0.5, 0.6) is 0 Å². The molecule has 2 aromatic rings. The zero-order valence-corrected chi connectivity index (χ0v) is 12.0. The van der Waals surface area contributed by atoms with Gasteiger partial charge in [0.2, 0.25) is 11.9 Å². The van der Waals surface area contributed by atoms with Crippen LogP contribution in [0, 0.1) is 31.1 Å². The molecule has 106 valence electrons. The minimum atomic E-state index is -0.767. The fraction of sp³-hybridized carbons (Fsp3) is 0.250. The van der Waals surface area contributed by atoms with E-state index in [1.165, 1.54) is 0 Å². The lowest BCUT2D eigenvalue weighted by molar-refractivity contribution is -0.118. The summed E-state index contributed by atoms with van der Waals surface area (Å²) in [5, 5.41) is 11.8. The van der Waals surface area contributed by atoms with Crippen LogP contribution in [-0.4, -0.2) is 15.9 Å². The molecule has 0 aliphatic carbocycles. The Morgan fingerprint density at radius 3 is 2.43 bits per heavy atom. The Hall–Kier alpha value is -2.74. The Kier molecular flexibility index (Phi) is 4.62. The number of hydrogen-bond acceptors (Lipinski definition) is 4. The molecule has 0 saturated heterocycles. The molecule has 1 atom stereocenters. The molecule has 0 aliphatic rings. The quantitative estimate of drug-likeness (QED) is 0.932. The second-order valence-electron chi connectivity index (χ2n) is 4.83. The third-order valence-corrected chi connectivity index (χ3v) is 2.97. The molecular formula is C16H16N4O. The number of rotatable bonds is 4. The number of anilines is 1. The molecule has 0 saturated carbocycles. The molecule has 2 rings (SSSR count). The molecule has 1 heterocycles. The van der Waals surface area contributed by atoms with Crippen LogP contribution in [0.1, 0.15) is 17.0 Å². The van der Waals surface area contributed by atoms with Gasteiger partial charge in [-0.25, -0.2) is 9.97 Å². The van der Waals surface area contributed by atoms with Crippen LogP contribution in [-0.2, 0) is 11.2 Å². The van der Waals surface area contributed by atoms with Crippen molar-refractivity contribution in [1.29, 1.82) is 5.26 Å². The van der Waals surface area contributed by atoms with Gasteiger partial charge in [0.1, 0.15) is 5.92 Å². The van der Waals surface area contributed by atoms with Crippen molar-refractivity contribution >= 4 is 11.9 Å². The van der Waals surface area contributed by atoms with Crippen molar-refractivity contribution < 1.29 is 4.79 Å². The SMILES string of the molecule is Cc1cc(C)nc(NC(=O)C(C#N)Cc2ccccc2)n1. The molecule has 1 N–H and O–H groups in total. The highest BCUT2D eigenvalue weighted by Crippen LogP contribution is 2.11. The van der Waals surface area contributed by atoms with E-state index in [0.717, 1.165) is 17.0 Å². The molecule has 1 aromatic heterocycles. The summed E-state index contributed by atoms with van der Waals surface area (Å²) in [6.45, 7) is 3.66. The smallest absolute Gasteiger partial charge is 0.244 e.